The van der Waals surface area contributed by atoms with Crippen LogP contribution in [0.1, 0.15) is 0 Å². The van der Waals surface area contributed by atoms with E-state index >= 15 is 0 Å². The molecule has 0 aliphatic rings. The van der Waals surface area contributed by atoms with E-state index in [0.29, 0.717) is 0 Å². The van der Waals surface area contributed by atoms with E-state index in [0.717, 1.165) is 0 Å². The molecule has 0 heterocycles. The standard InChI is InChI=1S/2SSe/c2*1-2. The van der Waals surface area contributed by atoms with Crippen molar-refractivity contribution < 1.29 is 0 Å². The predicted octanol–water partition coefficient (Wildman–Crippen LogP) is 0.535. The van der Waals surface area contributed by atoms with Gasteiger partial charge in [0.15, 0.2) is 0 Å². The zero-order valence-electron chi connectivity index (χ0n) is 1.63. The Balaban J connectivity index is 0. The van der Waals surface area contributed by atoms with Gasteiger partial charge in [-0.05, 0) is 0 Å². The van der Waals surface area contributed by atoms with Crippen LogP contribution < -0.4 is 0 Å². The van der Waals surface area contributed by atoms with Crippen LogP contribution in [0.25, 0.3) is 0 Å². The Morgan fingerprint density at radius 1 is 0.750 bits per heavy atom. The summed E-state index contributed by atoms with van der Waals surface area (Å²) in [5, 5.41) is 0. The third-order valence-electron chi connectivity index (χ3n) is 0. The van der Waals surface area contributed by atoms with Gasteiger partial charge in [-0.1, -0.05) is 0 Å². The number of hydrogen-bond donors (Lipinski definition) is 0. The second kappa shape index (κ2) is 24.8. The van der Waals surface area contributed by atoms with Gasteiger partial charge in [0.1, 0.15) is 0 Å². The third-order valence-corrected chi connectivity index (χ3v) is 0. The first-order valence-electron chi connectivity index (χ1n) is 0.333. The molecule has 24 valence electrons. The van der Waals surface area contributed by atoms with Crippen molar-refractivity contribution in [3.63, 3.8) is 0 Å². The molecule has 0 amide bonds. The Labute approximate surface area is 49.7 Å². The molecule has 4 heteroatoms. The number of hydrogen-bond acceptors (Lipinski definition) is 2. The third kappa shape index (κ3) is 9.77. The summed E-state index contributed by atoms with van der Waals surface area (Å²) in [7, 11) is 7.92. The van der Waals surface area contributed by atoms with Crippen molar-refractivity contribution in [1.29, 1.82) is 0 Å². The van der Waals surface area contributed by atoms with Crippen molar-refractivity contribution in [2.24, 2.45) is 0 Å². The van der Waals surface area contributed by atoms with Crippen LogP contribution in [0.15, 0.2) is 0 Å². The maximum atomic E-state index is 3.96. The van der Waals surface area contributed by atoms with Gasteiger partial charge in [-0.3, -0.25) is 0 Å². The summed E-state index contributed by atoms with van der Waals surface area (Å²) in [6.45, 7) is 0. The summed E-state index contributed by atoms with van der Waals surface area (Å²) < 4.78 is 0. The number of rotatable bonds is 0. The van der Waals surface area contributed by atoms with E-state index in [1.807, 2.05) is 0 Å². The van der Waals surface area contributed by atoms with Gasteiger partial charge in [-0.15, -0.1) is 0 Å². The molecule has 0 saturated heterocycles. The van der Waals surface area contributed by atoms with E-state index in [1.54, 1.807) is 0 Å². The Kier molecular flexibility index (Phi) is 56.3. The summed E-state index contributed by atoms with van der Waals surface area (Å²) in [5.74, 6) is 0. The zero-order chi connectivity index (χ0) is 4.00. The van der Waals surface area contributed by atoms with Crippen LogP contribution in [0.3, 0.4) is 0 Å². The zero-order valence-corrected chi connectivity index (χ0v) is 6.69. The van der Waals surface area contributed by atoms with Crippen LogP contribution in [0.2, 0.25) is 0 Å². The van der Waals surface area contributed by atoms with Crippen molar-refractivity contribution in [2.45, 2.75) is 0 Å². The fourth-order valence-corrected chi connectivity index (χ4v) is 0. The van der Waals surface area contributed by atoms with Crippen molar-refractivity contribution >= 4 is 49.9 Å². The van der Waals surface area contributed by atoms with E-state index in [4.69, 9.17) is 0 Å². The van der Waals surface area contributed by atoms with Crippen LogP contribution in [-0.2, 0) is 0 Å². The quantitative estimate of drug-likeness (QED) is 0.548. The molecule has 0 aliphatic heterocycles. The van der Waals surface area contributed by atoms with Crippen molar-refractivity contribution in [2.75, 3.05) is 0 Å². The molecule has 0 aromatic rings. The second-order valence-electron chi connectivity index (χ2n) is 0. The SMILES string of the molecule is S=[Se].S=[Se]. The van der Waals surface area contributed by atoms with Gasteiger partial charge in [0.05, 0.1) is 0 Å². The van der Waals surface area contributed by atoms with E-state index < -0.39 is 0 Å². The predicted molar refractivity (Wildman–Crippen MR) is 26.7 cm³/mol. The van der Waals surface area contributed by atoms with Crippen LogP contribution in [-0.4, -0.2) is 28.8 Å². The van der Waals surface area contributed by atoms with Crippen LogP contribution in [0.5, 0.6) is 0 Å². The van der Waals surface area contributed by atoms with Crippen LogP contribution >= 0.6 is 21.1 Å². The fourth-order valence-electron chi connectivity index (χ4n) is 0. The Morgan fingerprint density at radius 3 is 0.750 bits per heavy atom. The first-order valence-corrected chi connectivity index (χ1v) is 5.20. The van der Waals surface area contributed by atoms with Gasteiger partial charge < -0.3 is 0 Å². The second-order valence-corrected chi connectivity index (χ2v) is 0. The molecule has 0 aromatic heterocycles. The molecule has 0 saturated carbocycles. The van der Waals surface area contributed by atoms with E-state index in [9.17, 15) is 0 Å². The molecule has 0 spiro atoms. The molecule has 0 nitrogen and oxygen atoms in total. The average molecular weight is 222 g/mol. The van der Waals surface area contributed by atoms with Gasteiger partial charge >= 0.3 is 49.9 Å². The van der Waals surface area contributed by atoms with Gasteiger partial charge in [0.2, 0.25) is 0 Å². The molecule has 0 fully saturated rings. The summed E-state index contributed by atoms with van der Waals surface area (Å²) in [6, 6.07) is 0. The van der Waals surface area contributed by atoms with E-state index in [2.05, 4.69) is 49.9 Å². The van der Waals surface area contributed by atoms with Crippen molar-refractivity contribution in [3.05, 3.63) is 0 Å². The summed E-state index contributed by atoms with van der Waals surface area (Å²) in [5.41, 5.74) is 0. The fraction of sp³-hybridized carbons (Fsp3) is 0. The molecule has 0 bridgehead atoms. The van der Waals surface area contributed by atoms with E-state index in [1.165, 1.54) is 0 Å². The summed E-state index contributed by atoms with van der Waals surface area (Å²) >= 11 is 4.42. The van der Waals surface area contributed by atoms with Crippen molar-refractivity contribution in [1.82, 2.24) is 0 Å². The van der Waals surface area contributed by atoms with Gasteiger partial charge in [-0.25, -0.2) is 0 Å². The van der Waals surface area contributed by atoms with Gasteiger partial charge in [0.25, 0.3) is 0 Å². The molecule has 0 radical (unpaired) electrons. The van der Waals surface area contributed by atoms with Crippen LogP contribution in [0.4, 0.5) is 0 Å². The normalized spacial score (nSPS) is 2.00. The summed E-state index contributed by atoms with van der Waals surface area (Å²) in [6.07, 6.45) is 0. The monoisotopic (exact) mass is 224 g/mol. The first kappa shape index (κ1) is 9.08. The molecule has 0 unspecified atom stereocenters. The first-order chi connectivity index (χ1) is 2.00. The minimum atomic E-state index is 2.21. The molecular weight excluding hydrogens is 222 g/mol. The minimum absolute atomic E-state index is 2.21. The Morgan fingerprint density at radius 2 is 0.750 bits per heavy atom. The average Bonchev–Trinajstić information content (AvgIpc) is 1.50. The van der Waals surface area contributed by atoms with Crippen LogP contribution in [0, 0.1) is 0 Å². The van der Waals surface area contributed by atoms with Gasteiger partial charge in [-0.2, -0.15) is 0 Å². The topological polar surface area (TPSA) is 0 Å². The Bertz CT molecular complexity index is 6.00. The molecule has 0 atom stereocenters. The molecule has 0 aromatic carbocycles. The molecular formula is S2Se2. The molecule has 0 aliphatic carbocycles. The Hall–Kier alpha value is 1.48. The van der Waals surface area contributed by atoms with E-state index in [-0.39, 0.29) is 0 Å². The summed E-state index contributed by atoms with van der Waals surface area (Å²) in [4.78, 5) is 0. The maximum absolute atomic E-state index is 3.96. The molecule has 0 rings (SSSR count). The van der Waals surface area contributed by atoms with Crippen molar-refractivity contribution in [3.8, 4) is 0 Å². The van der Waals surface area contributed by atoms with Gasteiger partial charge in [0, 0.05) is 0 Å². The molecule has 4 heavy (non-hydrogen) atoms. The molecule has 0 N–H and O–H groups in total.